The van der Waals surface area contributed by atoms with Gasteiger partial charge in [-0.2, -0.15) is 5.26 Å². The number of halogens is 2. The molecule has 0 aliphatic heterocycles. The maximum Gasteiger partial charge on any atom is 0.178 e. The molecule has 2 aromatic carbocycles. The molecule has 2 aromatic rings. The summed E-state index contributed by atoms with van der Waals surface area (Å²) in [4.78, 5) is 12.2. The fraction of sp³-hybridized carbons (Fsp3) is 0.238. The highest BCUT2D eigenvalue weighted by Gasteiger charge is 2.24. The van der Waals surface area contributed by atoms with E-state index in [-0.39, 0.29) is 18.0 Å². The molecule has 134 valence electrons. The number of rotatable bonds is 5. The molecule has 0 aliphatic carbocycles. The predicted octanol–water partition coefficient (Wildman–Crippen LogP) is 6.09. The number of ether oxygens (including phenoxy) is 1. The summed E-state index contributed by atoms with van der Waals surface area (Å²) >= 11 is 12.3. The van der Waals surface area contributed by atoms with Crippen molar-refractivity contribution in [1.29, 1.82) is 5.26 Å². The van der Waals surface area contributed by atoms with Crippen LogP contribution in [-0.2, 0) is 11.4 Å². The fourth-order valence-corrected chi connectivity index (χ4v) is 2.71. The van der Waals surface area contributed by atoms with Crippen LogP contribution in [0.5, 0.6) is 5.75 Å². The number of hydrogen-bond acceptors (Lipinski definition) is 3. The first-order chi connectivity index (χ1) is 12.2. The molecule has 0 spiro atoms. The van der Waals surface area contributed by atoms with Gasteiger partial charge in [0, 0.05) is 21.0 Å². The highest BCUT2D eigenvalue weighted by Crippen LogP contribution is 2.26. The lowest BCUT2D eigenvalue weighted by molar-refractivity contribution is -0.121. The minimum atomic E-state index is -0.598. The largest absolute Gasteiger partial charge is 0.489 e. The average Bonchev–Trinajstić information content (AvgIpc) is 2.59. The van der Waals surface area contributed by atoms with E-state index >= 15 is 0 Å². The molecule has 5 heteroatoms. The van der Waals surface area contributed by atoms with Gasteiger partial charge in [0.15, 0.2) is 5.78 Å². The summed E-state index contributed by atoms with van der Waals surface area (Å²) < 4.78 is 5.72. The van der Waals surface area contributed by atoms with Crippen LogP contribution >= 0.6 is 23.2 Å². The Balaban J connectivity index is 2.12. The van der Waals surface area contributed by atoms with Crippen molar-refractivity contribution in [2.45, 2.75) is 27.4 Å². The third-order valence-corrected chi connectivity index (χ3v) is 4.39. The molecule has 0 amide bonds. The van der Waals surface area contributed by atoms with Gasteiger partial charge in [-0.3, -0.25) is 4.79 Å². The number of benzene rings is 2. The topological polar surface area (TPSA) is 50.1 Å². The van der Waals surface area contributed by atoms with Crippen molar-refractivity contribution in [2.24, 2.45) is 5.41 Å². The van der Waals surface area contributed by atoms with Crippen LogP contribution in [0.25, 0.3) is 6.08 Å². The van der Waals surface area contributed by atoms with Crippen LogP contribution in [0.15, 0.2) is 48.0 Å². The number of Topliss-reactive ketones (excluding diaryl/α,β-unsaturated/α-hetero) is 1. The number of ketones is 1. The maximum absolute atomic E-state index is 12.2. The molecular weight excluding hydrogens is 369 g/mol. The zero-order chi connectivity index (χ0) is 19.3. The van der Waals surface area contributed by atoms with E-state index in [0.717, 1.165) is 11.1 Å². The normalized spacial score (nSPS) is 11.8. The Kier molecular flexibility index (Phi) is 6.47. The second-order valence-electron chi connectivity index (χ2n) is 6.81. The van der Waals surface area contributed by atoms with E-state index in [1.54, 1.807) is 69.3 Å². The summed E-state index contributed by atoms with van der Waals surface area (Å²) in [6, 6.07) is 14.4. The maximum atomic E-state index is 12.2. The predicted molar refractivity (Wildman–Crippen MR) is 105 cm³/mol. The molecule has 0 radical (unpaired) electrons. The summed E-state index contributed by atoms with van der Waals surface area (Å²) in [7, 11) is 0. The van der Waals surface area contributed by atoms with Gasteiger partial charge in [-0.1, -0.05) is 62.2 Å². The first-order valence-corrected chi connectivity index (χ1v) is 8.80. The van der Waals surface area contributed by atoms with E-state index in [4.69, 9.17) is 27.9 Å². The summed E-state index contributed by atoms with van der Waals surface area (Å²) in [5, 5.41) is 10.4. The van der Waals surface area contributed by atoms with Crippen molar-refractivity contribution in [3.8, 4) is 11.8 Å². The second kappa shape index (κ2) is 8.40. The minimum absolute atomic E-state index is 0.133. The van der Waals surface area contributed by atoms with E-state index in [9.17, 15) is 10.1 Å². The van der Waals surface area contributed by atoms with Crippen molar-refractivity contribution in [3.63, 3.8) is 0 Å². The van der Waals surface area contributed by atoms with Gasteiger partial charge in [0.05, 0.1) is 5.57 Å². The van der Waals surface area contributed by atoms with E-state index in [1.165, 1.54) is 0 Å². The van der Waals surface area contributed by atoms with Crippen molar-refractivity contribution in [1.82, 2.24) is 0 Å². The Morgan fingerprint density at radius 1 is 1.12 bits per heavy atom. The lowest BCUT2D eigenvalue weighted by atomic mass is 9.86. The number of carbonyl (C=O) groups is 1. The molecule has 2 rings (SSSR count). The first-order valence-electron chi connectivity index (χ1n) is 8.04. The SMILES string of the molecule is CC(C)(C)C(=O)/C(C#N)=C/c1ccc(OCc2c(Cl)cccc2Cl)cc1. The van der Waals surface area contributed by atoms with Crippen LogP contribution in [0.1, 0.15) is 31.9 Å². The Morgan fingerprint density at radius 3 is 2.19 bits per heavy atom. The molecule has 0 saturated heterocycles. The quantitative estimate of drug-likeness (QED) is 0.460. The van der Waals surface area contributed by atoms with Crippen LogP contribution in [-0.4, -0.2) is 5.78 Å². The van der Waals surface area contributed by atoms with Crippen molar-refractivity contribution in [2.75, 3.05) is 0 Å². The van der Waals surface area contributed by atoms with Crippen molar-refractivity contribution < 1.29 is 9.53 Å². The van der Waals surface area contributed by atoms with Crippen LogP contribution in [0.4, 0.5) is 0 Å². The molecular formula is C21H19Cl2NO2. The molecule has 0 N–H and O–H groups in total. The molecule has 0 aromatic heterocycles. The van der Waals surface area contributed by atoms with Crippen LogP contribution < -0.4 is 4.74 Å². The number of carbonyl (C=O) groups excluding carboxylic acids is 1. The average molecular weight is 388 g/mol. The van der Waals surface area contributed by atoms with Gasteiger partial charge in [-0.25, -0.2) is 0 Å². The Bertz CT molecular complexity index is 852. The van der Waals surface area contributed by atoms with E-state index in [1.807, 2.05) is 6.07 Å². The molecule has 0 aliphatic rings. The highest BCUT2D eigenvalue weighted by atomic mass is 35.5. The molecule has 26 heavy (non-hydrogen) atoms. The zero-order valence-corrected chi connectivity index (χ0v) is 16.4. The highest BCUT2D eigenvalue weighted by molar-refractivity contribution is 6.35. The molecule has 0 fully saturated rings. The van der Waals surface area contributed by atoms with Gasteiger partial charge >= 0.3 is 0 Å². The zero-order valence-electron chi connectivity index (χ0n) is 14.8. The van der Waals surface area contributed by atoms with E-state index in [0.29, 0.717) is 15.8 Å². The second-order valence-corrected chi connectivity index (χ2v) is 7.62. The van der Waals surface area contributed by atoms with Gasteiger partial charge in [-0.15, -0.1) is 0 Å². The molecule has 0 atom stereocenters. The number of hydrogen-bond donors (Lipinski definition) is 0. The summed E-state index contributed by atoms with van der Waals surface area (Å²) in [6.45, 7) is 5.62. The lowest BCUT2D eigenvalue weighted by Gasteiger charge is -2.15. The Hall–Kier alpha value is -2.28. The van der Waals surface area contributed by atoms with Crippen molar-refractivity contribution in [3.05, 3.63) is 69.2 Å². The standard InChI is InChI=1S/C21H19Cl2NO2/c1-21(2,3)20(25)15(12-24)11-14-7-9-16(10-8-14)26-13-17-18(22)5-4-6-19(17)23/h4-11H,13H2,1-3H3/b15-11+. The van der Waals surface area contributed by atoms with Gasteiger partial charge < -0.3 is 4.74 Å². The monoisotopic (exact) mass is 387 g/mol. The minimum Gasteiger partial charge on any atom is -0.489 e. The van der Waals surface area contributed by atoms with Gasteiger partial charge in [0.25, 0.3) is 0 Å². The number of nitriles is 1. The number of allylic oxidation sites excluding steroid dienone is 1. The molecule has 3 nitrogen and oxygen atoms in total. The van der Waals surface area contributed by atoms with Gasteiger partial charge in [0.2, 0.25) is 0 Å². The van der Waals surface area contributed by atoms with E-state index < -0.39 is 5.41 Å². The first kappa shape index (κ1) is 20.0. The summed E-state index contributed by atoms with van der Waals surface area (Å²) in [6.07, 6.45) is 1.59. The summed E-state index contributed by atoms with van der Waals surface area (Å²) in [5.74, 6) is 0.451. The van der Waals surface area contributed by atoms with Gasteiger partial charge in [0.1, 0.15) is 18.4 Å². The van der Waals surface area contributed by atoms with Crippen LogP contribution in [0.2, 0.25) is 10.0 Å². The fourth-order valence-electron chi connectivity index (χ4n) is 2.21. The van der Waals surface area contributed by atoms with Crippen LogP contribution in [0, 0.1) is 16.7 Å². The Labute approximate surface area is 163 Å². The smallest absolute Gasteiger partial charge is 0.178 e. The lowest BCUT2D eigenvalue weighted by Crippen LogP contribution is -2.21. The van der Waals surface area contributed by atoms with E-state index in [2.05, 4.69) is 0 Å². The van der Waals surface area contributed by atoms with Crippen molar-refractivity contribution >= 4 is 35.1 Å². The molecule has 0 saturated carbocycles. The number of nitrogens with zero attached hydrogens (tertiary/aromatic N) is 1. The van der Waals surface area contributed by atoms with Crippen LogP contribution in [0.3, 0.4) is 0 Å². The van der Waals surface area contributed by atoms with Gasteiger partial charge in [-0.05, 0) is 35.9 Å². The third kappa shape index (κ3) is 5.11. The molecule has 0 heterocycles. The third-order valence-electron chi connectivity index (χ3n) is 3.68. The molecule has 0 bridgehead atoms. The Morgan fingerprint density at radius 2 is 1.69 bits per heavy atom. The summed E-state index contributed by atoms with van der Waals surface area (Å²) in [5.41, 5.74) is 1.01. The molecule has 0 unspecified atom stereocenters.